The molecule has 0 aromatic carbocycles. The minimum Gasteiger partial charge on any atom is -0.478 e. The molecule has 4 heteroatoms. The highest BCUT2D eigenvalue weighted by atomic mass is 35.5. The third-order valence-electron chi connectivity index (χ3n) is 2.89. The average Bonchev–Trinajstić information content (AvgIpc) is 2.23. The van der Waals surface area contributed by atoms with Gasteiger partial charge in [0.1, 0.15) is 6.33 Å². The third kappa shape index (κ3) is 3.32. The molecule has 1 rings (SSSR count). The zero-order valence-corrected chi connectivity index (χ0v) is 12.0. The van der Waals surface area contributed by atoms with Crippen molar-refractivity contribution in [2.24, 2.45) is 5.92 Å². The lowest BCUT2D eigenvalue weighted by molar-refractivity contribution is 0.321. The fourth-order valence-electron chi connectivity index (χ4n) is 2.13. The first kappa shape index (κ1) is 14.2. The molecule has 0 fully saturated rings. The number of rotatable bonds is 5. The normalized spacial score (nSPS) is 14.8. The van der Waals surface area contributed by atoms with E-state index in [1.807, 2.05) is 20.8 Å². The van der Waals surface area contributed by atoms with Gasteiger partial charge in [0, 0.05) is 16.9 Å². The molecule has 0 spiro atoms. The van der Waals surface area contributed by atoms with E-state index in [4.69, 9.17) is 16.3 Å². The van der Waals surface area contributed by atoms with E-state index in [1.54, 1.807) is 6.33 Å². The zero-order chi connectivity index (χ0) is 13.0. The van der Waals surface area contributed by atoms with E-state index in [0.717, 1.165) is 11.3 Å². The summed E-state index contributed by atoms with van der Waals surface area (Å²) in [5, 5.41) is 0.0399. The van der Waals surface area contributed by atoms with Gasteiger partial charge in [-0.2, -0.15) is 0 Å². The molecule has 0 saturated heterocycles. The second-order valence-electron chi connectivity index (χ2n) is 4.57. The highest BCUT2D eigenvalue weighted by Gasteiger charge is 2.25. The van der Waals surface area contributed by atoms with Crippen LogP contribution in [0.15, 0.2) is 6.33 Å². The predicted octanol–water partition coefficient (Wildman–Crippen LogP) is 3.55. The number of ether oxygens (including phenoxy) is 1. The summed E-state index contributed by atoms with van der Waals surface area (Å²) in [6.07, 6.45) is 1.56. The Morgan fingerprint density at radius 1 is 1.29 bits per heavy atom. The highest BCUT2D eigenvalue weighted by molar-refractivity contribution is 6.20. The standard InChI is InChI=1S/C13H21ClN2O/c1-6-17-13-9(4)12(15-7-16-13)11(8(2)3)10(5)14/h7-8,10-11H,6H2,1-5H3. The quantitative estimate of drug-likeness (QED) is 0.756. The molecule has 17 heavy (non-hydrogen) atoms. The van der Waals surface area contributed by atoms with Crippen molar-refractivity contribution in [2.45, 2.75) is 45.9 Å². The lowest BCUT2D eigenvalue weighted by atomic mass is 9.87. The molecule has 0 saturated carbocycles. The van der Waals surface area contributed by atoms with Crippen LogP contribution in [0.3, 0.4) is 0 Å². The summed E-state index contributed by atoms with van der Waals surface area (Å²) in [4.78, 5) is 8.54. The maximum atomic E-state index is 6.27. The van der Waals surface area contributed by atoms with Gasteiger partial charge in [0.25, 0.3) is 0 Å². The lowest BCUT2D eigenvalue weighted by Gasteiger charge is -2.24. The topological polar surface area (TPSA) is 35.0 Å². The molecule has 1 aromatic rings. The minimum atomic E-state index is 0.0399. The molecule has 0 aliphatic rings. The van der Waals surface area contributed by atoms with E-state index in [9.17, 15) is 0 Å². The first-order chi connectivity index (χ1) is 7.99. The molecule has 96 valence electrons. The van der Waals surface area contributed by atoms with E-state index >= 15 is 0 Å². The molecule has 0 radical (unpaired) electrons. The van der Waals surface area contributed by atoms with Crippen LogP contribution in [0.5, 0.6) is 5.88 Å². The molecule has 2 unspecified atom stereocenters. The molecule has 1 aromatic heterocycles. The summed E-state index contributed by atoms with van der Waals surface area (Å²) in [6, 6.07) is 0. The van der Waals surface area contributed by atoms with Gasteiger partial charge in [-0.1, -0.05) is 13.8 Å². The van der Waals surface area contributed by atoms with Gasteiger partial charge in [-0.25, -0.2) is 9.97 Å². The second kappa shape index (κ2) is 6.20. The number of aromatic nitrogens is 2. The summed E-state index contributed by atoms with van der Waals surface area (Å²) in [5.41, 5.74) is 2.00. The number of hydrogen-bond acceptors (Lipinski definition) is 3. The summed E-state index contributed by atoms with van der Waals surface area (Å²) < 4.78 is 5.49. The summed E-state index contributed by atoms with van der Waals surface area (Å²) in [5.74, 6) is 1.32. The van der Waals surface area contributed by atoms with Gasteiger partial charge >= 0.3 is 0 Å². The van der Waals surface area contributed by atoms with Crippen molar-refractivity contribution in [3.8, 4) is 5.88 Å². The average molecular weight is 257 g/mol. The van der Waals surface area contributed by atoms with Crippen LogP contribution in [0.4, 0.5) is 0 Å². The fourth-order valence-corrected chi connectivity index (χ4v) is 2.54. The Morgan fingerprint density at radius 3 is 2.41 bits per heavy atom. The molecule has 3 nitrogen and oxygen atoms in total. The smallest absolute Gasteiger partial charge is 0.219 e. The van der Waals surface area contributed by atoms with Crippen molar-refractivity contribution in [3.05, 3.63) is 17.6 Å². The Bertz CT molecular complexity index is 358. The Morgan fingerprint density at radius 2 is 1.94 bits per heavy atom. The molecule has 0 aliphatic heterocycles. The summed E-state index contributed by atoms with van der Waals surface area (Å²) in [7, 11) is 0. The van der Waals surface area contributed by atoms with Crippen molar-refractivity contribution in [1.29, 1.82) is 0 Å². The van der Waals surface area contributed by atoms with Gasteiger partial charge in [-0.15, -0.1) is 11.6 Å². The monoisotopic (exact) mass is 256 g/mol. The number of halogens is 1. The molecular formula is C13H21ClN2O. The van der Waals surface area contributed by atoms with Crippen molar-refractivity contribution in [1.82, 2.24) is 9.97 Å². The number of nitrogens with zero attached hydrogens (tertiary/aromatic N) is 2. The van der Waals surface area contributed by atoms with Crippen LogP contribution in [0, 0.1) is 12.8 Å². The Hall–Kier alpha value is -0.830. The largest absolute Gasteiger partial charge is 0.478 e. The zero-order valence-electron chi connectivity index (χ0n) is 11.2. The Kier molecular flexibility index (Phi) is 5.19. The van der Waals surface area contributed by atoms with Gasteiger partial charge in [0.15, 0.2) is 0 Å². The molecule has 0 bridgehead atoms. The molecule has 0 amide bonds. The van der Waals surface area contributed by atoms with Crippen LogP contribution in [0.2, 0.25) is 0 Å². The second-order valence-corrected chi connectivity index (χ2v) is 5.26. The van der Waals surface area contributed by atoms with Crippen molar-refractivity contribution in [2.75, 3.05) is 6.61 Å². The summed E-state index contributed by atoms with van der Waals surface area (Å²) >= 11 is 6.27. The van der Waals surface area contributed by atoms with Gasteiger partial charge in [0.05, 0.1) is 12.3 Å². The minimum absolute atomic E-state index is 0.0399. The van der Waals surface area contributed by atoms with Crippen LogP contribution in [0.1, 0.15) is 44.9 Å². The number of hydrogen-bond donors (Lipinski definition) is 0. The number of alkyl halides is 1. The van der Waals surface area contributed by atoms with E-state index in [2.05, 4.69) is 23.8 Å². The lowest BCUT2D eigenvalue weighted by Crippen LogP contribution is -2.19. The molecular weight excluding hydrogens is 236 g/mol. The summed E-state index contributed by atoms with van der Waals surface area (Å²) in [6.45, 7) is 10.9. The SMILES string of the molecule is CCOc1ncnc(C(C(C)C)C(C)Cl)c1C. The predicted molar refractivity (Wildman–Crippen MR) is 70.8 cm³/mol. The van der Waals surface area contributed by atoms with Crippen LogP contribution < -0.4 is 4.74 Å². The molecule has 1 heterocycles. The Labute approximate surface area is 109 Å². The molecule has 0 aliphatic carbocycles. The van der Waals surface area contributed by atoms with E-state index < -0.39 is 0 Å². The first-order valence-electron chi connectivity index (χ1n) is 6.07. The van der Waals surface area contributed by atoms with Gasteiger partial charge < -0.3 is 4.74 Å². The molecule has 0 N–H and O–H groups in total. The van der Waals surface area contributed by atoms with Crippen LogP contribution in [-0.2, 0) is 0 Å². The van der Waals surface area contributed by atoms with Crippen LogP contribution >= 0.6 is 11.6 Å². The van der Waals surface area contributed by atoms with Crippen molar-refractivity contribution >= 4 is 11.6 Å². The Balaban J connectivity index is 3.15. The fraction of sp³-hybridized carbons (Fsp3) is 0.692. The van der Waals surface area contributed by atoms with Crippen LogP contribution in [0.25, 0.3) is 0 Å². The van der Waals surface area contributed by atoms with Crippen molar-refractivity contribution < 1.29 is 4.74 Å². The van der Waals surface area contributed by atoms with Gasteiger partial charge in [-0.3, -0.25) is 0 Å². The van der Waals surface area contributed by atoms with Gasteiger partial charge in [-0.05, 0) is 26.7 Å². The highest BCUT2D eigenvalue weighted by Crippen LogP contribution is 2.33. The maximum absolute atomic E-state index is 6.27. The van der Waals surface area contributed by atoms with E-state index in [-0.39, 0.29) is 11.3 Å². The third-order valence-corrected chi connectivity index (χ3v) is 3.16. The van der Waals surface area contributed by atoms with Gasteiger partial charge in [0.2, 0.25) is 5.88 Å². The van der Waals surface area contributed by atoms with E-state index in [1.165, 1.54) is 0 Å². The van der Waals surface area contributed by atoms with E-state index in [0.29, 0.717) is 18.4 Å². The first-order valence-corrected chi connectivity index (χ1v) is 6.51. The van der Waals surface area contributed by atoms with Crippen molar-refractivity contribution in [3.63, 3.8) is 0 Å². The maximum Gasteiger partial charge on any atom is 0.219 e. The van der Waals surface area contributed by atoms with Crippen LogP contribution in [-0.4, -0.2) is 22.0 Å². The molecule has 2 atom stereocenters.